The Morgan fingerprint density at radius 1 is 0.926 bits per heavy atom. The largest absolute Gasteiger partial charge is 0.351 e. The number of imidazole rings is 1. The van der Waals surface area contributed by atoms with Crippen molar-refractivity contribution in [1.29, 1.82) is 0 Å². The highest BCUT2D eigenvalue weighted by atomic mass is 16.1. The second-order valence-corrected chi connectivity index (χ2v) is 6.24. The summed E-state index contributed by atoms with van der Waals surface area (Å²) in [6.07, 6.45) is 3.49. The third kappa shape index (κ3) is 3.13. The molecule has 0 spiro atoms. The maximum atomic E-state index is 12.8. The summed E-state index contributed by atoms with van der Waals surface area (Å²) in [5, 5.41) is 0. The van der Waals surface area contributed by atoms with Gasteiger partial charge in [0.25, 0.3) is 0 Å². The molecule has 0 unspecified atom stereocenters. The second-order valence-electron chi connectivity index (χ2n) is 6.24. The van der Waals surface area contributed by atoms with Crippen LogP contribution in [0.5, 0.6) is 0 Å². The fourth-order valence-corrected chi connectivity index (χ4v) is 3.08. The molecule has 0 amide bonds. The van der Waals surface area contributed by atoms with Crippen molar-refractivity contribution in [3.05, 3.63) is 89.2 Å². The molecule has 0 fully saturated rings. The van der Waals surface area contributed by atoms with Gasteiger partial charge in [-0.3, -0.25) is 9.13 Å². The molecular weight excluding hydrogens is 338 g/mol. The third-order valence-electron chi connectivity index (χ3n) is 4.52. The van der Waals surface area contributed by atoms with Gasteiger partial charge in [-0.15, -0.1) is 0 Å². The fourth-order valence-electron chi connectivity index (χ4n) is 3.08. The first-order chi connectivity index (χ1) is 13.1. The number of aromatic amines is 1. The topological polar surface area (TPSA) is 68.0 Å². The number of para-hydroxylation sites is 1. The van der Waals surface area contributed by atoms with E-state index in [1.807, 2.05) is 66.9 Å². The lowest BCUT2D eigenvalue weighted by Gasteiger charge is -2.14. The number of benzene rings is 2. The van der Waals surface area contributed by atoms with E-state index in [4.69, 9.17) is 0 Å². The lowest BCUT2D eigenvalue weighted by Crippen LogP contribution is -2.37. The molecule has 2 aromatic carbocycles. The Bertz CT molecular complexity index is 1200. The number of hydrogen-bond donors (Lipinski definition) is 1. The van der Waals surface area contributed by atoms with Crippen molar-refractivity contribution < 1.29 is 0 Å². The summed E-state index contributed by atoms with van der Waals surface area (Å²) in [6, 6.07) is 19.4. The van der Waals surface area contributed by atoms with E-state index in [-0.39, 0.29) is 5.69 Å². The standard InChI is InChI=1S/C21H19N5O/c1-25-19(17-11-7-6-10-16(17)18-13-22-14-23-18)12-20(26(2)21(25)27)24-15-8-4-3-5-9-15/h3-14H,1-2H3,(H,22,23). The number of aromatic nitrogens is 4. The van der Waals surface area contributed by atoms with Gasteiger partial charge < -0.3 is 4.98 Å². The summed E-state index contributed by atoms with van der Waals surface area (Å²) in [7, 11) is 3.50. The Kier molecular flexibility index (Phi) is 4.30. The van der Waals surface area contributed by atoms with Crippen LogP contribution in [0.3, 0.4) is 0 Å². The van der Waals surface area contributed by atoms with Crippen LogP contribution in [0.4, 0.5) is 5.69 Å². The first-order valence-electron chi connectivity index (χ1n) is 8.60. The minimum absolute atomic E-state index is 0.140. The van der Waals surface area contributed by atoms with Crippen LogP contribution in [0.1, 0.15) is 0 Å². The fraction of sp³-hybridized carbons (Fsp3) is 0.0952. The summed E-state index contributed by atoms with van der Waals surface area (Å²) in [5.41, 5.74) is 4.74. The minimum atomic E-state index is -0.140. The van der Waals surface area contributed by atoms with E-state index in [1.54, 1.807) is 29.6 Å². The Labute approximate surface area is 156 Å². The van der Waals surface area contributed by atoms with E-state index in [1.165, 1.54) is 0 Å². The molecule has 0 aliphatic heterocycles. The maximum Gasteiger partial charge on any atom is 0.329 e. The van der Waals surface area contributed by atoms with Gasteiger partial charge in [0, 0.05) is 37.5 Å². The molecule has 6 nitrogen and oxygen atoms in total. The van der Waals surface area contributed by atoms with Crippen molar-refractivity contribution in [2.45, 2.75) is 0 Å². The van der Waals surface area contributed by atoms with Crippen molar-refractivity contribution in [3.63, 3.8) is 0 Å². The van der Waals surface area contributed by atoms with E-state index in [0.29, 0.717) is 5.49 Å². The van der Waals surface area contributed by atoms with E-state index in [2.05, 4.69) is 15.0 Å². The predicted molar refractivity (Wildman–Crippen MR) is 105 cm³/mol. The summed E-state index contributed by atoms with van der Waals surface area (Å²) >= 11 is 0. The molecule has 0 saturated heterocycles. The quantitative estimate of drug-likeness (QED) is 0.612. The van der Waals surface area contributed by atoms with Gasteiger partial charge in [0.2, 0.25) is 0 Å². The highest BCUT2D eigenvalue weighted by Gasteiger charge is 2.13. The molecule has 0 bridgehead atoms. The van der Waals surface area contributed by atoms with Gasteiger partial charge in [-0.2, -0.15) is 0 Å². The molecule has 0 atom stereocenters. The zero-order chi connectivity index (χ0) is 18.8. The number of nitrogens with zero attached hydrogens (tertiary/aromatic N) is 4. The smallest absolute Gasteiger partial charge is 0.329 e. The molecule has 0 aliphatic rings. The molecule has 4 rings (SSSR count). The molecule has 2 aromatic heterocycles. The summed E-state index contributed by atoms with van der Waals surface area (Å²) in [5.74, 6) is 0. The summed E-state index contributed by atoms with van der Waals surface area (Å²) < 4.78 is 3.18. The summed E-state index contributed by atoms with van der Waals surface area (Å²) in [4.78, 5) is 24.8. The molecule has 0 aliphatic carbocycles. The average Bonchev–Trinajstić information content (AvgIpc) is 3.24. The normalized spacial score (nSPS) is 11.7. The molecule has 4 aromatic rings. The zero-order valence-electron chi connectivity index (χ0n) is 15.1. The molecule has 6 heteroatoms. The van der Waals surface area contributed by atoms with Crippen molar-refractivity contribution in [2.75, 3.05) is 0 Å². The highest BCUT2D eigenvalue weighted by molar-refractivity contribution is 5.79. The lowest BCUT2D eigenvalue weighted by molar-refractivity contribution is 0.681. The van der Waals surface area contributed by atoms with Crippen LogP contribution in [-0.2, 0) is 14.1 Å². The van der Waals surface area contributed by atoms with E-state index in [9.17, 15) is 4.79 Å². The minimum Gasteiger partial charge on any atom is -0.351 e. The predicted octanol–water partition coefficient (Wildman–Crippen LogP) is 3.01. The Morgan fingerprint density at radius 3 is 2.33 bits per heavy atom. The van der Waals surface area contributed by atoms with Crippen molar-refractivity contribution in [2.24, 2.45) is 19.1 Å². The van der Waals surface area contributed by atoms with E-state index >= 15 is 0 Å². The molecule has 2 heterocycles. The van der Waals surface area contributed by atoms with Crippen molar-refractivity contribution >= 4 is 5.69 Å². The number of rotatable bonds is 3. The summed E-state index contributed by atoms with van der Waals surface area (Å²) in [6.45, 7) is 0. The van der Waals surface area contributed by atoms with Gasteiger partial charge in [-0.25, -0.2) is 14.8 Å². The highest BCUT2D eigenvalue weighted by Crippen LogP contribution is 2.29. The number of nitrogens with one attached hydrogen (secondary N) is 1. The number of hydrogen-bond acceptors (Lipinski definition) is 3. The second kappa shape index (κ2) is 6.92. The van der Waals surface area contributed by atoms with Gasteiger partial charge in [0.05, 0.1) is 23.4 Å². The third-order valence-corrected chi connectivity index (χ3v) is 4.52. The average molecular weight is 357 g/mol. The van der Waals surface area contributed by atoms with E-state index in [0.717, 1.165) is 28.2 Å². The van der Waals surface area contributed by atoms with Gasteiger partial charge in [0.1, 0.15) is 5.49 Å². The van der Waals surface area contributed by atoms with Crippen molar-refractivity contribution in [3.8, 4) is 22.5 Å². The number of H-pyrrole nitrogens is 1. The van der Waals surface area contributed by atoms with Crippen LogP contribution in [0.15, 0.2) is 83.0 Å². The van der Waals surface area contributed by atoms with Gasteiger partial charge >= 0.3 is 5.69 Å². The lowest BCUT2D eigenvalue weighted by atomic mass is 10.0. The first kappa shape index (κ1) is 16.8. The van der Waals surface area contributed by atoms with Gasteiger partial charge in [-0.05, 0) is 12.1 Å². The maximum absolute atomic E-state index is 12.8. The van der Waals surface area contributed by atoms with Crippen LogP contribution in [0.25, 0.3) is 22.5 Å². The van der Waals surface area contributed by atoms with Crippen LogP contribution in [-0.4, -0.2) is 19.1 Å². The van der Waals surface area contributed by atoms with E-state index < -0.39 is 0 Å². The van der Waals surface area contributed by atoms with Crippen LogP contribution in [0.2, 0.25) is 0 Å². The Hall–Kier alpha value is -3.67. The van der Waals surface area contributed by atoms with Gasteiger partial charge in [-0.1, -0.05) is 42.5 Å². The van der Waals surface area contributed by atoms with Crippen LogP contribution >= 0.6 is 0 Å². The molecule has 0 radical (unpaired) electrons. The molecule has 134 valence electrons. The molecule has 27 heavy (non-hydrogen) atoms. The molecule has 1 N–H and O–H groups in total. The van der Waals surface area contributed by atoms with Crippen LogP contribution < -0.4 is 11.2 Å². The molecular formula is C21H19N5O. The van der Waals surface area contributed by atoms with Crippen molar-refractivity contribution in [1.82, 2.24) is 19.1 Å². The van der Waals surface area contributed by atoms with Gasteiger partial charge in [0.15, 0.2) is 0 Å². The zero-order valence-corrected chi connectivity index (χ0v) is 15.1. The van der Waals surface area contributed by atoms with Crippen LogP contribution in [0, 0.1) is 0 Å². The monoisotopic (exact) mass is 357 g/mol. The molecule has 0 saturated carbocycles. The Morgan fingerprint density at radius 2 is 1.63 bits per heavy atom. The Balaban J connectivity index is 1.99. The SMILES string of the molecule is Cn1c(-c2ccccc2-c2c[nH]cn2)cc(=Nc2ccccc2)n(C)c1=O. The first-order valence-corrected chi connectivity index (χ1v) is 8.60.